The molecule has 172 valence electrons. The zero-order valence-electron chi connectivity index (χ0n) is 19.4. The molecule has 0 saturated heterocycles. The molecule has 0 radical (unpaired) electrons. The molecule has 0 fully saturated rings. The molecule has 1 atom stereocenters. The van der Waals surface area contributed by atoms with Crippen molar-refractivity contribution in [1.29, 1.82) is 0 Å². The van der Waals surface area contributed by atoms with Gasteiger partial charge in [0.2, 0.25) is 0 Å². The SMILES string of the molecule is c1ccc(Pc2ccccc2-p2oc3ccc4ccccc4c3c3c(ccc4ccccc43)o2)cc1. The van der Waals surface area contributed by atoms with Crippen LogP contribution >= 0.6 is 16.6 Å². The van der Waals surface area contributed by atoms with E-state index in [-0.39, 0.29) is 0 Å². The number of hydrogen-bond donors (Lipinski definition) is 0. The third kappa shape index (κ3) is 3.71. The van der Waals surface area contributed by atoms with E-state index in [0.29, 0.717) is 8.58 Å². The van der Waals surface area contributed by atoms with Crippen LogP contribution in [0.5, 0.6) is 0 Å². The van der Waals surface area contributed by atoms with Gasteiger partial charge in [-0.15, -0.1) is 0 Å². The van der Waals surface area contributed by atoms with E-state index in [1.165, 1.54) is 32.2 Å². The fourth-order valence-corrected chi connectivity index (χ4v) is 7.76. The third-order valence-electron chi connectivity index (χ3n) is 6.55. The molecule has 2 nitrogen and oxygen atoms in total. The van der Waals surface area contributed by atoms with Crippen LogP contribution in [0.25, 0.3) is 48.8 Å². The minimum absolute atomic E-state index is 0.529. The quantitative estimate of drug-likeness (QED) is 0.226. The lowest BCUT2D eigenvalue weighted by Crippen LogP contribution is -2.03. The molecule has 0 amide bonds. The first kappa shape index (κ1) is 21.5. The van der Waals surface area contributed by atoms with Crippen LogP contribution < -0.4 is 10.6 Å². The molecule has 6 aromatic carbocycles. The van der Waals surface area contributed by atoms with Crippen LogP contribution in [0.15, 0.2) is 136 Å². The molecular weight excluding hydrogens is 478 g/mol. The third-order valence-corrected chi connectivity index (χ3v) is 9.59. The standard InChI is InChI=1S/C32H22O2P2/c1-2-12-24(13-3-1)35-29-16-8-9-17-30(29)36-33-27-20-18-22-10-4-6-14-25(22)31(27)32-26-15-7-5-11-23(26)19-21-28(32)34-36/h1-21,35H. The van der Waals surface area contributed by atoms with Crippen LogP contribution in [0, 0.1) is 0 Å². The topological polar surface area (TPSA) is 26.3 Å². The number of hydrogen-bond acceptors (Lipinski definition) is 2. The van der Waals surface area contributed by atoms with Crippen molar-refractivity contribution in [1.82, 2.24) is 0 Å². The highest BCUT2D eigenvalue weighted by Gasteiger charge is 2.15. The Morgan fingerprint density at radius 1 is 0.472 bits per heavy atom. The Morgan fingerprint density at radius 2 is 1.00 bits per heavy atom. The van der Waals surface area contributed by atoms with Crippen LogP contribution in [-0.4, -0.2) is 0 Å². The lowest BCUT2D eigenvalue weighted by molar-refractivity contribution is 0.651. The van der Waals surface area contributed by atoms with Crippen molar-refractivity contribution >= 4 is 70.7 Å². The van der Waals surface area contributed by atoms with Crippen LogP contribution in [0.2, 0.25) is 0 Å². The second-order valence-corrected chi connectivity index (χ2v) is 11.5. The van der Waals surface area contributed by atoms with Crippen molar-refractivity contribution in [3.8, 4) is 5.30 Å². The van der Waals surface area contributed by atoms with E-state index in [0.717, 1.165) is 27.2 Å². The van der Waals surface area contributed by atoms with Crippen LogP contribution in [0.4, 0.5) is 0 Å². The van der Waals surface area contributed by atoms with Gasteiger partial charge >= 0.3 is 0 Å². The van der Waals surface area contributed by atoms with Gasteiger partial charge in [0.1, 0.15) is 11.2 Å². The predicted octanol–water partition coefficient (Wildman–Crippen LogP) is 9.21. The van der Waals surface area contributed by atoms with Gasteiger partial charge in [0.15, 0.2) is 0 Å². The number of fused-ring (bicyclic) bond motifs is 7. The molecule has 1 aromatic heterocycles. The second kappa shape index (κ2) is 8.99. The maximum atomic E-state index is 6.81. The molecule has 1 heterocycles. The molecule has 1 unspecified atom stereocenters. The Labute approximate surface area is 211 Å². The van der Waals surface area contributed by atoms with Gasteiger partial charge < -0.3 is 8.39 Å². The van der Waals surface area contributed by atoms with E-state index in [1.54, 1.807) is 0 Å². The summed E-state index contributed by atoms with van der Waals surface area (Å²) >= 11 is 0. The Morgan fingerprint density at radius 3 is 1.64 bits per heavy atom. The fourth-order valence-electron chi connectivity index (χ4n) is 4.88. The van der Waals surface area contributed by atoms with Gasteiger partial charge in [0.25, 0.3) is 8.01 Å². The van der Waals surface area contributed by atoms with Crippen molar-refractivity contribution in [3.63, 3.8) is 0 Å². The lowest BCUT2D eigenvalue weighted by Gasteiger charge is -2.07. The Bertz CT molecular complexity index is 1830. The first-order chi connectivity index (χ1) is 17.8. The predicted molar refractivity (Wildman–Crippen MR) is 157 cm³/mol. The lowest BCUT2D eigenvalue weighted by atomic mass is 9.99. The van der Waals surface area contributed by atoms with Gasteiger partial charge in [-0.05, 0) is 50.4 Å². The van der Waals surface area contributed by atoms with E-state index >= 15 is 0 Å². The Kier molecular flexibility index (Phi) is 5.36. The first-order valence-corrected chi connectivity index (χ1v) is 14.1. The highest BCUT2D eigenvalue weighted by Crippen LogP contribution is 2.45. The molecule has 36 heavy (non-hydrogen) atoms. The summed E-state index contributed by atoms with van der Waals surface area (Å²) in [5.74, 6) is 0. The zero-order chi connectivity index (χ0) is 23.9. The molecule has 7 rings (SSSR count). The summed E-state index contributed by atoms with van der Waals surface area (Å²) in [6, 6.07) is 44.7. The summed E-state index contributed by atoms with van der Waals surface area (Å²) in [6.45, 7) is 0. The summed E-state index contributed by atoms with van der Waals surface area (Å²) in [5.41, 5.74) is 1.74. The molecule has 0 bridgehead atoms. The maximum absolute atomic E-state index is 6.81. The zero-order valence-corrected chi connectivity index (χ0v) is 21.3. The van der Waals surface area contributed by atoms with Crippen LogP contribution in [-0.2, 0) is 0 Å². The number of benzene rings is 6. The average Bonchev–Trinajstić information content (AvgIpc) is 3.11. The smallest absolute Gasteiger partial charge is 0.253 e. The second-order valence-electron chi connectivity index (χ2n) is 8.77. The summed E-state index contributed by atoms with van der Waals surface area (Å²) < 4.78 is 13.6. The summed E-state index contributed by atoms with van der Waals surface area (Å²) in [4.78, 5) is 0. The Balaban J connectivity index is 1.60. The van der Waals surface area contributed by atoms with Gasteiger partial charge in [0.05, 0.1) is 5.30 Å². The van der Waals surface area contributed by atoms with Crippen molar-refractivity contribution < 1.29 is 8.39 Å². The molecule has 0 aliphatic heterocycles. The monoisotopic (exact) mass is 500 g/mol. The van der Waals surface area contributed by atoms with Crippen molar-refractivity contribution in [2.45, 2.75) is 0 Å². The van der Waals surface area contributed by atoms with Gasteiger partial charge in [-0.1, -0.05) is 118 Å². The van der Waals surface area contributed by atoms with Crippen molar-refractivity contribution in [2.75, 3.05) is 0 Å². The molecule has 4 heteroatoms. The summed E-state index contributed by atoms with van der Waals surface area (Å²) in [6.07, 6.45) is 0. The first-order valence-electron chi connectivity index (χ1n) is 12.0. The molecule has 0 aliphatic carbocycles. The van der Waals surface area contributed by atoms with Gasteiger partial charge in [-0.3, -0.25) is 0 Å². The highest BCUT2D eigenvalue weighted by molar-refractivity contribution is 7.58. The summed E-state index contributed by atoms with van der Waals surface area (Å²) in [7, 11) is -0.859. The molecule has 0 saturated carbocycles. The molecule has 0 aliphatic rings. The molecule has 0 spiro atoms. The van der Waals surface area contributed by atoms with Crippen molar-refractivity contribution in [3.05, 3.63) is 127 Å². The van der Waals surface area contributed by atoms with E-state index in [9.17, 15) is 0 Å². The minimum Gasteiger partial charge on any atom is -0.416 e. The molecular formula is C32H22O2P2. The largest absolute Gasteiger partial charge is 0.416 e. The van der Waals surface area contributed by atoms with E-state index < -0.39 is 8.01 Å². The Hall–Kier alpha value is -3.83. The van der Waals surface area contributed by atoms with Crippen LogP contribution in [0.1, 0.15) is 0 Å². The maximum Gasteiger partial charge on any atom is 0.253 e. The van der Waals surface area contributed by atoms with Gasteiger partial charge in [-0.25, -0.2) is 0 Å². The van der Waals surface area contributed by atoms with Gasteiger partial charge in [0, 0.05) is 10.8 Å². The van der Waals surface area contributed by atoms with E-state index in [1.807, 2.05) is 0 Å². The minimum atomic E-state index is -1.39. The molecule has 7 aromatic rings. The van der Waals surface area contributed by atoms with E-state index in [4.69, 9.17) is 8.39 Å². The number of rotatable bonds is 3. The van der Waals surface area contributed by atoms with Crippen LogP contribution in [0.3, 0.4) is 0 Å². The fraction of sp³-hybridized carbons (Fsp3) is 0. The normalized spacial score (nSPS) is 11.8. The average molecular weight is 500 g/mol. The molecule has 0 N–H and O–H groups in total. The highest BCUT2D eigenvalue weighted by atomic mass is 31.1. The van der Waals surface area contributed by atoms with Gasteiger partial charge in [-0.2, -0.15) is 0 Å². The van der Waals surface area contributed by atoms with Crippen molar-refractivity contribution in [2.24, 2.45) is 0 Å². The van der Waals surface area contributed by atoms with E-state index in [2.05, 4.69) is 127 Å². The summed E-state index contributed by atoms with van der Waals surface area (Å²) in [5, 5.41) is 10.6.